The number of anilines is 1. The summed E-state index contributed by atoms with van der Waals surface area (Å²) in [5, 5.41) is 7.77. The Balaban J connectivity index is 1.33. The lowest BCUT2D eigenvalue weighted by molar-refractivity contribution is -0.121. The summed E-state index contributed by atoms with van der Waals surface area (Å²) in [7, 11) is 0. The summed E-state index contributed by atoms with van der Waals surface area (Å²) >= 11 is 1.73. The molecule has 0 bridgehead atoms. The average Bonchev–Trinajstić information content (AvgIpc) is 3.47. The minimum atomic E-state index is 0.0700. The number of benzene rings is 1. The van der Waals surface area contributed by atoms with Gasteiger partial charge >= 0.3 is 0 Å². The second-order valence-corrected chi connectivity index (χ2v) is 9.32. The predicted molar refractivity (Wildman–Crippen MR) is 133 cm³/mol. The average molecular weight is 465 g/mol. The van der Waals surface area contributed by atoms with Crippen LogP contribution in [0.5, 0.6) is 0 Å². The van der Waals surface area contributed by atoms with Gasteiger partial charge in [0.2, 0.25) is 5.91 Å². The second-order valence-electron chi connectivity index (χ2n) is 8.44. The molecule has 1 fully saturated rings. The van der Waals surface area contributed by atoms with Gasteiger partial charge in [-0.15, -0.1) is 11.8 Å². The third kappa shape index (κ3) is 5.74. The fourth-order valence-corrected chi connectivity index (χ4v) is 4.71. The Kier molecular flexibility index (Phi) is 7.65. The zero-order valence-corrected chi connectivity index (χ0v) is 20.5. The Labute approximate surface area is 200 Å². The monoisotopic (exact) mass is 464 g/mol. The van der Waals surface area contributed by atoms with Crippen LogP contribution < -0.4 is 10.2 Å². The summed E-state index contributed by atoms with van der Waals surface area (Å²) in [6, 6.07) is 10.5. The number of hydrogen-bond donors (Lipinski definition) is 1. The molecule has 7 nitrogen and oxygen atoms in total. The molecule has 1 saturated heterocycles. The number of carbonyl (C=O) groups excluding carboxylic acids is 1. The molecule has 1 aliphatic heterocycles. The van der Waals surface area contributed by atoms with Crippen molar-refractivity contribution in [3.8, 4) is 5.82 Å². The minimum Gasteiger partial charge on any atom is -0.356 e. The van der Waals surface area contributed by atoms with Gasteiger partial charge in [0.05, 0.1) is 5.69 Å². The molecule has 1 amide bonds. The van der Waals surface area contributed by atoms with Crippen molar-refractivity contribution in [2.45, 2.75) is 50.8 Å². The Morgan fingerprint density at radius 2 is 1.79 bits per heavy atom. The molecular formula is C25H32N6OS. The zero-order chi connectivity index (χ0) is 23.2. The fraction of sp³-hybridized carbons (Fsp3) is 0.440. The Morgan fingerprint density at radius 1 is 1.06 bits per heavy atom. The number of thioether (sulfide) groups is 1. The van der Waals surface area contributed by atoms with Crippen LogP contribution in [0.3, 0.4) is 0 Å². The van der Waals surface area contributed by atoms with Gasteiger partial charge in [-0.05, 0) is 69.0 Å². The zero-order valence-electron chi connectivity index (χ0n) is 19.7. The first-order chi connectivity index (χ1) is 16.0. The first-order valence-electron chi connectivity index (χ1n) is 11.6. The van der Waals surface area contributed by atoms with E-state index in [1.807, 2.05) is 24.6 Å². The van der Waals surface area contributed by atoms with Crippen molar-refractivity contribution < 1.29 is 4.79 Å². The summed E-state index contributed by atoms with van der Waals surface area (Å²) in [6.45, 7) is 6.77. The summed E-state index contributed by atoms with van der Waals surface area (Å²) < 4.78 is 1.88. The van der Waals surface area contributed by atoms with Crippen LogP contribution in [-0.4, -0.2) is 51.5 Å². The van der Waals surface area contributed by atoms with Gasteiger partial charge in [-0.1, -0.05) is 12.1 Å². The molecule has 8 heteroatoms. The quantitative estimate of drug-likeness (QED) is 0.484. The first-order valence-corrected chi connectivity index (χ1v) is 12.8. The Hall–Kier alpha value is -2.87. The Morgan fingerprint density at radius 3 is 2.52 bits per heavy atom. The minimum absolute atomic E-state index is 0.0700. The molecule has 0 aliphatic carbocycles. The lowest BCUT2D eigenvalue weighted by Crippen LogP contribution is -2.26. The van der Waals surface area contributed by atoms with Gasteiger partial charge in [0.15, 0.2) is 5.82 Å². The maximum absolute atomic E-state index is 12.4. The highest BCUT2D eigenvalue weighted by molar-refractivity contribution is 7.98. The van der Waals surface area contributed by atoms with E-state index in [9.17, 15) is 4.79 Å². The molecule has 0 radical (unpaired) electrons. The normalized spacial score (nSPS) is 13.5. The lowest BCUT2D eigenvalue weighted by atomic mass is 10.1. The molecular weight excluding hydrogens is 432 g/mol. The SMILES string of the molecule is CSc1ccc(CCNC(=O)CCc2c(C)nn(-c3cc(N4CCCC4)ncn3)c2C)cc1. The van der Waals surface area contributed by atoms with Crippen LogP contribution in [0, 0.1) is 13.8 Å². The molecule has 4 rings (SSSR count). The van der Waals surface area contributed by atoms with Crippen LogP contribution >= 0.6 is 11.8 Å². The van der Waals surface area contributed by atoms with Gasteiger partial charge in [-0.2, -0.15) is 5.10 Å². The number of amides is 1. The topological polar surface area (TPSA) is 75.9 Å². The molecule has 1 aromatic carbocycles. The van der Waals surface area contributed by atoms with Crippen LogP contribution in [0.15, 0.2) is 41.6 Å². The van der Waals surface area contributed by atoms with Gasteiger partial charge in [0.25, 0.3) is 0 Å². The largest absolute Gasteiger partial charge is 0.356 e. The molecule has 3 heterocycles. The maximum atomic E-state index is 12.4. The van der Waals surface area contributed by atoms with Crippen molar-refractivity contribution in [1.82, 2.24) is 25.1 Å². The highest BCUT2D eigenvalue weighted by atomic mass is 32.2. The molecule has 0 saturated carbocycles. The predicted octanol–water partition coefficient (Wildman–Crippen LogP) is 3.89. The maximum Gasteiger partial charge on any atom is 0.220 e. The van der Waals surface area contributed by atoms with E-state index in [1.54, 1.807) is 18.1 Å². The van der Waals surface area contributed by atoms with E-state index < -0.39 is 0 Å². The highest BCUT2D eigenvalue weighted by Gasteiger charge is 2.18. The van der Waals surface area contributed by atoms with Crippen molar-refractivity contribution >= 4 is 23.5 Å². The third-order valence-corrected chi connectivity index (χ3v) is 6.97. The van der Waals surface area contributed by atoms with Gasteiger partial charge in [-0.25, -0.2) is 14.6 Å². The molecule has 3 aromatic rings. The molecule has 0 atom stereocenters. The van der Waals surface area contributed by atoms with Crippen LogP contribution in [-0.2, 0) is 17.6 Å². The Bertz CT molecular complexity index is 1090. The van der Waals surface area contributed by atoms with Crippen molar-refractivity contribution in [1.29, 1.82) is 0 Å². The number of aromatic nitrogens is 4. The van der Waals surface area contributed by atoms with Gasteiger partial charge in [0.1, 0.15) is 12.1 Å². The first kappa shape index (κ1) is 23.3. The smallest absolute Gasteiger partial charge is 0.220 e. The standard InChI is InChI=1S/C25H32N6OS/c1-18-22(10-11-25(32)26-13-12-20-6-8-21(33-3)9-7-20)19(2)31(29-18)24-16-23(27-17-28-24)30-14-4-5-15-30/h6-9,16-17H,4-5,10-15H2,1-3H3,(H,26,32). The summed E-state index contributed by atoms with van der Waals surface area (Å²) in [4.78, 5) is 24.9. The highest BCUT2D eigenvalue weighted by Crippen LogP contribution is 2.22. The van der Waals surface area contributed by atoms with Crippen LogP contribution in [0.2, 0.25) is 0 Å². The van der Waals surface area contributed by atoms with Crippen molar-refractivity contribution in [2.24, 2.45) is 0 Å². The van der Waals surface area contributed by atoms with Crippen molar-refractivity contribution in [3.63, 3.8) is 0 Å². The number of nitrogens with zero attached hydrogens (tertiary/aromatic N) is 5. The molecule has 0 unspecified atom stereocenters. The molecule has 0 spiro atoms. The molecule has 2 aromatic heterocycles. The van der Waals surface area contributed by atoms with E-state index >= 15 is 0 Å². The van der Waals surface area contributed by atoms with E-state index in [1.165, 1.54) is 23.3 Å². The number of hydrogen-bond acceptors (Lipinski definition) is 6. The van der Waals surface area contributed by atoms with E-state index in [0.717, 1.165) is 48.1 Å². The summed E-state index contributed by atoms with van der Waals surface area (Å²) in [5.41, 5.74) is 4.31. The van der Waals surface area contributed by atoms with Gasteiger partial charge in [0, 0.05) is 42.7 Å². The van der Waals surface area contributed by atoms with E-state index in [4.69, 9.17) is 5.10 Å². The second kappa shape index (κ2) is 10.8. The third-order valence-electron chi connectivity index (χ3n) is 6.22. The molecule has 174 valence electrons. The number of aryl methyl sites for hydroxylation is 1. The van der Waals surface area contributed by atoms with Crippen LogP contribution in [0.4, 0.5) is 5.82 Å². The molecule has 1 aliphatic rings. The number of rotatable bonds is 9. The van der Waals surface area contributed by atoms with E-state index in [0.29, 0.717) is 19.4 Å². The van der Waals surface area contributed by atoms with Crippen LogP contribution in [0.1, 0.15) is 41.8 Å². The summed E-state index contributed by atoms with van der Waals surface area (Å²) in [5.74, 6) is 1.80. The molecule has 1 N–H and O–H groups in total. The van der Waals surface area contributed by atoms with Gasteiger partial charge < -0.3 is 10.2 Å². The van der Waals surface area contributed by atoms with E-state index in [-0.39, 0.29) is 5.91 Å². The molecule has 33 heavy (non-hydrogen) atoms. The van der Waals surface area contributed by atoms with Crippen LogP contribution in [0.25, 0.3) is 5.82 Å². The van der Waals surface area contributed by atoms with Gasteiger partial charge in [-0.3, -0.25) is 4.79 Å². The van der Waals surface area contributed by atoms with Crippen molar-refractivity contribution in [3.05, 3.63) is 59.2 Å². The lowest BCUT2D eigenvalue weighted by Gasteiger charge is -2.16. The number of carbonyl (C=O) groups is 1. The fourth-order valence-electron chi connectivity index (χ4n) is 4.30. The van der Waals surface area contributed by atoms with Crippen molar-refractivity contribution in [2.75, 3.05) is 30.8 Å². The van der Waals surface area contributed by atoms with E-state index in [2.05, 4.69) is 50.7 Å². The number of nitrogens with one attached hydrogen (secondary N) is 1. The summed E-state index contributed by atoms with van der Waals surface area (Å²) in [6.07, 6.45) is 8.04.